The van der Waals surface area contributed by atoms with Gasteiger partial charge in [-0.1, -0.05) is 18.9 Å². The number of nitrogens with zero attached hydrogens (tertiary/aromatic N) is 2. The lowest BCUT2D eigenvalue weighted by Crippen LogP contribution is -2.43. The standard InChI is InChI=1S/C22H25FN6O/c1-12-6-7-13-10-14(8-9-18(13)26-12)27-21-15(20(25)30)11-16(23)22(29-21)28-19-5-3-2-4-17(19)24/h6-11,17,19H,2-5,24H2,1H3,(H2,25,30)(H2,27,28,29). The molecule has 1 aliphatic carbocycles. The van der Waals surface area contributed by atoms with Crippen LogP contribution in [-0.2, 0) is 0 Å². The highest BCUT2D eigenvalue weighted by Crippen LogP contribution is 2.28. The van der Waals surface area contributed by atoms with E-state index in [1.54, 1.807) is 0 Å². The van der Waals surface area contributed by atoms with Gasteiger partial charge < -0.3 is 22.1 Å². The van der Waals surface area contributed by atoms with Crippen molar-refractivity contribution in [3.63, 3.8) is 0 Å². The third-order valence-corrected chi connectivity index (χ3v) is 5.47. The first-order valence-electron chi connectivity index (χ1n) is 10.1. The highest BCUT2D eigenvalue weighted by Gasteiger charge is 2.24. The largest absolute Gasteiger partial charge is 0.365 e. The summed E-state index contributed by atoms with van der Waals surface area (Å²) >= 11 is 0. The van der Waals surface area contributed by atoms with Gasteiger partial charge >= 0.3 is 0 Å². The number of aryl methyl sites for hydroxylation is 1. The smallest absolute Gasteiger partial charge is 0.252 e. The zero-order valence-electron chi connectivity index (χ0n) is 16.8. The molecule has 1 saturated carbocycles. The number of fused-ring (bicyclic) bond motifs is 1. The van der Waals surface area contributed by atoms with Crippen molar-refractivity contribution in [1.29, 1.82) is 0 Å². The fourth-order valence-electron chi connectivity index (χ4n) is 3.83. The molecule has 2 heterocycles. The molecule has 4 rings (SSSR count). The fraction of sp³-hybridized carbons (Fsp3) is 0.318. The fourth-order valence-corrected chi connectivity index (χ4v) is 3.83. The summed E-state index contributed by atoms with van der Waals surface area (Å²) in [4.78, 5) is 20.7. The van der Waals surface area contributed by atoms with Crippen molar-refractivity contribution in [2.45, 2.75) is 44.7 Å². The molecule has 8 heteroatoms. The van der Waals surface area contributed by atoms with Gasteiger partial charge in [0.05, 0.1) is 11.1 Å². The second-order valence-corrected chi connectivity index (χ2v) is 7.76. The van der Waals surface area contributed by atoms with Gasteiger partial charge in [0.1, 0.15) is 5.82 Å². The number of hydrogen-bond donors (Lipinski definition) is 4. The lowest BCUT2D eigenvalue weighted by Gasteiger charge is -2.30. The number of pyridine rings is 2. The van der Waals surface area contributed by atoms with Crippen LogP contribution in [-0.4, -0.2) is 28.0 Å². The van der Waals surface area contributed by atoms with Gasteiger partial charge in [0.25, 0.3) is 5.91 Å². The summed E-state index contributed by atoms with van der Waals surface area (Å²) in [5.74, 6) is -1.15. The van der Waals surface area contributed by atoms with Crippen molar-refractivity contribution in [2.75, 3.05) is 10.6 Å². The molecule has 2 aromatic heterocycles. The van der Waals surface area contributed by atoms with Crippen LogP contribution < -0.4 is 22.1 Å². The molecule has 2 unspecified atom stereocenters. The van der Waals surface area contributed by atoms with Gasteiger partial charge in [0, 0.05) is 28.9 Å². The Bertz CT molecular complexity index is 1100. The summed E-state index contributed by atoms with van der Waals surface area (Å²) in [6.07, 6.45) is 3.83. The number of benzene rings is 1. The van der Waals surface area contributed by atoms with Crippen LogP contribution >= 0.6 is 0 Å². The van der Waals surface area contributed by atoms with Crippen molar-refractivity contribution in [2.24, 2.45) is 11.5 Å². The Kier molecular flexibility index (Phi) is 5.50. The number of hydrogen-bond acceptors (Lipinski definition) is 6. The first-order chi connectivity index (χ1) is 14.4. The van der Waals surface area contributed by atoms with Gasteiger partial charge in [-0.25, -0.2) is 9.37 Å². The zero-order chi connectivity index (χ0) is 21.3. The molecule has 1 amide bonds. The van der Waals surface area contributed by atoms with Gasteiger partial charge in [-0.05, 0) is 50.1 Å². The Morgan fingerprint density at radius 1 is 1.10 bits per heavy atom. The molecule has 0 bridgehead atoms. The van der Waals surface area contributed by atoms with Crippen LogP contribution in [0.3, 0.4) is 0 Å². The van der Waals surface area contributed by atoms with E-state index in [2.05, 4.69) is 20.6 Å². The first kappa shape index (κ1) is 20.0. The van der Waals surface area contributed by atoms with Crippen LogP contribution in [0.5, 0.6) is 0 Å². The highest BCUT2D eigenvalue weighted by molar-refractivity contribution is 5.99. The molecule has 0 aliphatic heterocycles. The summed E-state index contributed by atoms with van der Waals surface area (Å²) in [5, 5.41) is 7.14. The van der Waals surface area contributed by atoms with Crippen molar-refractivity contribution < 1.29 is 9.18 Å². The number of halogens is 1. The van der Waals surface area contributed by atoms with Crippen LogP contribution in [0.25, 0.3) is 10.9 Å². The maximum atomic E-state index is 14.6. The number of rotatable bonds is 5. The van der Waals surface area contributed by atoms with Crippen molar-refractivity contribution in [1.82, 2.24) is 9.97 Å². The van der Waals surface area contributed by atoms with Crippen LogP contribution in [0.4, 0.5) is 21.7 Å². The summed E-state index contributed by atoms with van der Waals surface area (Å²) in [7, 11) is 0. The number of carbonyl (C=O) groups is 1. The van der Waals surface area contributed by atoms with Gasteiger partial charge in [0.15, 0.2) is 11.6 Å². The molecule has 3 aromatic rings. The van der Waals surface area contributed by atoms with Crippen molar-refractivity contribution in [3.8, 4) is 0 Å². The molecule has 6 N–H and O–H groups in total. The maximum absolute atomic E-state index is 14.6. The van der Waals surface area contributed by atoms with E-state index in [0.29, 0.717) is 5.69 Å². The molecular formula is C22H25FN6O. The lowest BCUT2D eigenvalue weighted by atomic mass is 9.91. The molecule has 2 atom stereocenters. The number of amides is 1. The molecule has 1 fully saturated rings. The van der Waals surface area contributed by atoms with E-state index < -0.39 is 11.7 Å². The number of nitrogens with two attached hydrogens (primary N) is 2. The minimum atomic E-state index is -0.761. The van der Waals surface area contributed by atoms with Crippen molar-refractivity contribution in [3.05, 3.63) is 53.5 Å². The molecule has 7 nitrogen and oxygen atoms in total. The predicted molar refractivity (Wildman–Crippen MR) is 116 cm³/mol. The van der Waals surface area contributed by atoms with Gasteiger partial charge in [-0.2, -0.15) is 0 Å². The number of anilines is 3. The third kappa shape index (κ3) is 4.18. The van der Waals surface area contributed by atoms with Gasteiger partial charge in [-0.3, -0.25) is 9.78 Å². The lowest BCUT2D eigenvalue weighted by molar-refractivity contribution is 0.100. The zero-order valence-corrected chi connectivity index (χ0v) is 16.8. The van der Waals surface area contributed by atoms with E-state index in [1.165, 1.54) is 0 Å². The minimum absolute atomic E-state index is 0.0203. The van der Waals surface area contributed by atoms with Crippen LogP contribution in [0, 0.1) is 12.7 Å². The Morgan fingerprint density at radius 3 is 2.67 bits per heavy atom. The third-order valence-electron chi connectivity index (χ3n) is 5.47. The van der Waals surface area contributed by atoms with E-state index >= 15 is 0 Å². The number of carbonyl (C=O) groups excluding carboxylic acids is 1. The molecule has 0 radical (unpaired) electrons. The molecule has 0 spiro atoms. The summed E-state index contributed by atoms with van der Waals surface area (Å²) in [6.45, 7) is 1.93. The van der Waals surface area contributed by atoms with E-state index in [0.717, 1.165) is 48.3 Å². The summed E-state index contributed by atoms with van der Waals surface area (Å²) in [6, 6.07) is 10.5. The van der Waals surface area contributed by atoms with Crippen molar-refractivity contribution >= 4 is 34.1 Å². The average molecular weight is 408 g/mol. The summed E-state index contributed by atoms with van der Waals surface area (Å²) in [5.41, 5.74) is 14.1. The Balaban J connectivity index is 1.67. The SMILES string of the molecule is Cc1ccc2cc(Nc3nc(NC4CCCCC4N)c(F)cc3C(N)=O)ccc2n1. The van der Waals surface area contributed by atoms with Gasteiger partial charge in [0.2, 0.25) is 0 Å². The molecule has 30 heavy (non-hydrogen) atoms. The molecule has 1 aromatic carbocycles. The minimum Gasteiger partial charge on any atom is -0.365 e. The quantitative estimate of drug-likeness (QED) is 0.512. The number of nitrogens with one attached hydrogen (secondary N) is 2. The Labute approximate surface area is 174 Å². The van der Waals surface area contributed by atoms with Crippen LogP contribution in [0.2, 0.25) is 0 Å². The van der Waals surface area contributed by atoms with E-state index in [-0.39, 0.29) is 29.3 Å². The number of primary amides is 1. The Morgan fingerprint density at radius 2 is 1.90 bits per heavy atom. The van der Waals surface area contributed by atoms with E-state index in [9.17, 15) is 9.18 Å². The first-order valence-corrected chi connectivity index (χ1v) is 10.1. The second kappa shape index (κ2) is 8.23. The monoisotopic (exact) mass is 408 g/mol. The normalized spacial score (nSPS) is 18.9. The molecule has 0 saturated heterocycles. The van der Waals surface area contributed by atoms with Gasteiger partial charge in [-0.15, -0.1) is 0 Å². The van der Waals surface area contributed by atoms with Crippen LogP contribution in [0.15, 0.2) is 36.4 Å². The Hall–Kier alpha value is -3.26. The average Bonchev–Trinajstić information content (AvgIpc) is 2.71. The predicted octanol–water partition coefficient (Wildman–Crippen LogP) is 3.60. The van der Waals surface area contributed by atoms with E-state index in [1.807, 2.05) is 37.3 Å². The molecular weight excluding hydrogens is 383 g/mol. The molecule has 156 valence electrons. The summed E-state index contributed by atoms with van der Waals surface area (Å²) < 4.78 is 14.6. The highest BCUT2D eigenvalue weighted by atomic mass is 19.1. The molecule has 1 aliphatic rings. The maximum Gasteiger partial charge on any atom is 0.252 e. The van der Waals surface area contributed by atoms with E-state index in [4.69, 9.17) is 11.5 Å². The topological polar surface area (TPSA) is 119 Å². The van der Waals surface area contributed by atoms with Crippen LogP contribution in [0.1, 0.15) is 41.7 Å². The second-order valence-electron chi connectivity index (χ2n) is 7.76. The number of aromatic nitrogens is 2.